The molecule has 1 N–H and O–H groups in total. The predicted molar refractivity (Wildman–Crippen MR) is 84.9 cm³/mol. The average molecular weight is 340 g/mol. The molecule has 1 aromatic heterocycles. The van der Waals surface area contributed by atoms with Crippen LogP contribution in [-0.4, -0.2) is 20.8 Å². The Morgan fingerprint density at radius 1 is 1.26 bits per heavy atom. The lowest BCUT2D eigenvalue weighted by Gasteiger charge is -2.16. The van der Waals surface area contributed by atoms with Gasteiger partial charge in [0.05, 0.1) is 12.6 Å². The van der Waals surface area contributed by atoms with E-state index < -0.39 is 0 Å². The number of methoxy groups -OCH3 is 1. The first-order valence-corrected chi connectivity index (χ1v) is 7.91. The minimum Gasteiger partial charge on any atom is -0.384 e. The smallest absolute Gasteiger partial charge is 0.0680 e. The minimum absolute atomic E-state index is 0.242. The first-order chi connectivity index (χ1) is 9.26. The van der Waals surface area contributed by atoms with Gasteiger partial charge in [-0.1, -0.05) is 24.3 Å². The number of nitrogens with one attached hydrogen (secondary N) is 1. The van der Waals surface area contributed by atoms with E-state index >= 15 is 0 Å². The number of rotatable bonds is 6. The van der Waals surface area contributed by atoms with Crippen LogP contribution >= 0.6 is 27.3 Å². The van der Waals surface area contributed by atoms with Crippen molar-refractivity contribution in [3.63, 3.8) is 0 Å². The molecule has 0 aliphatic carbocycles. The van der Waals surface area contributed by atoms with Crippen LogP contribution in [0.25, 0.3) is 0 Å². The summed E-state index contributed by atoms with van der Waals surface area (Å²) in [7, 11) is 3.73. The van der Waals surface area contributed by atoms with E-state index in [9.17, 15) is 0 Å². The molecule has 0 amide bonds. The Balaban J connectivity index is 2.18. The summed E-state index contributed by atoms with van der Waals surface area (Å²) in [5.41, 5.74) is 2.59. The molecule has 0 radical (unpaired) electrons. The summed E-state index contributed by atoms with van der Waals surface area (Å²) in [5, 5.41) is 5.49. The molecule has 4 heteroatoms. The lowest BCUT2D eigenvalue weighted by atomic mass is 10.0. The molecule has 0 spiro atoms. The molecule has 0 saturated carbocycles. The van der Waals surface area contributed by atoms with Crippen LogP contribution in [0.15, 0.2) is 40.2 Å². The molecular weight excluding hydrogens is 322 g/mol. The fourth-order valence-electron chi connectivity index (χ4n) is 2.06. The fraction of sp³-hybridized carbons (Fsp3) is 0.333. The monoisotopic (exact) mass is 339 g/mol. The van der Waals surface area contributed by atoms with Gasteiger partial charge in [-0.25, -0.2) is 0 Å². The highest BCUT2D eigenvalue weighted by atomic mass is 79.9. The van der Waals surface area contributed by atoms with E-state index in [1.54, 1.807) is 18.4 Å². The van der Waals surface area contributed by atoms with Crippen molar-refractivity contribution in [2.75, 3.05) is 20.8 Å². The molecule has 1 unspecified atom stereocenters. The maximum atomic E-state index is 5.10. The molecule has 2 aromatic rings. The molecule has 19 heavy (non-hydrogen) atoms. The van der Waals surface area contributed by atoms with Crippen LogP contribution in [0.3, 0.4) is 0 Å². The van der Waals surface area contributed by atoms with Crippen molar-refractivity contribution >= 4 is 27.3 Å². The largest absolute Gasteiger partial charge is 0.384 e. The molecule has 0 aliphatic rings. The van der Waals surface area contributed by atoms with Gasteiger partial charge in [-0.15, -0.1) is 11.3 Å². The van der Waals surface area contributed by atoms with E-state index in [1.807, 2.05) is 7.05 Å². The highest BCUT2D eigenvalue weighted by Gasteiger charge is 2.15. The van der Waals surface area contributed by atoms with Gasteiger partial charge in [-0.3, -0.25) is 0 Å². The molecule has 0 aliphatic heterocycles. The number of benzene rings is 1. The van der Waals surface area contributed by atoms with E-state index in [1.165, 1.54) is 20.5 Å². The number of hydrogen-bond acceptors (Lipinski definition) is 3. The zero-order valence-electron chi connectivity index (χ0n) is 11.2. The third kappa shape index (κ3) is 3.66. The van der Waals surface area contributed by atoms with Gasteiger partial charge in [-0.2, -0.15) is 0 Å². The third-order valence-corrected chi connectivity index (χ3v) is 5.04. The summed E-state index contributed by atoms with van der Waals surface area (Å²) in [6.45, 7) is 0.769. The van der Waals surface area contributed by atoms with E-state index in [0.717, 1.165) is 13.0 Å². The van der Waals surface area contributed by atoms with Gasteiger partial charge in [-0.05, 0) is 52.0 Å². The Morgan fingerprint density at radius 3 is 2.53 bits per heavy atom. The van der Waals surface area contributed by atoms with Crippen molar-refractivity contribution in [1.29, 1.82) is 0 Å². The Kier molecular flexibility index (Phi) is 5.58. The molecule has 2 nitrogen and oxygen atoms in total. The molecule has 1 atom stereocenters. The van der Waals surface area contributed by atoms with Gasteiger partial charge < -0.3 is 10.1 Å². The summed E-state index contributed by atoms with van der Waals surface area (Å²) >= 11 is 5.37. The lowest BCUT2D eigenvalue weighted by molar-refractivity contribution is 0.202. The van der Waals surface area contributed by atoms with E-state index in [2.05, 4.69) is 57.0 Å². The van der Waals surface area contributed by atoms with Crippen molar-refractivity contribution < 1.29 is 4.74 Å². The van der Waals surface area contributed by atoms with Gasteiger partial charge in [0.1, 0.15) is 0 Å². The number of thiophene rings is 1. The van der Waals surface area contributed by atoms with Crippen LogP contribution in [0.1, 0.15) is 22.0 Å². The molecule has 0 saturated heterocycles. The summed E-state index contributed by atoms with van der Waals surface area (Å²) in [6, 6.07) is 11.1. The second-order valence-corrected chi connectivity index (χ2v) is 6.14. The highest BCUT2D eigenvalue weighted by Crippen LogP contribution is 2.32. The quantitative estimate of drug-likeness (QED) is 0.858. The van der Waals surface area contributed by atoms with Crippen LogP contribution in [0.5, 0.6) is 0 Å². The first kappa shape index (κ1) is 14.7. The summed E-state index contributed by atoms with van der Waals surface area (Å²) in [5.74, 6) is 0. The standard InChI is InChI=1S/C15H18BrNOS/c1-17-14(15-13(16)8-10-19-15)12-5-3-11(4-6-12)7-9-18-2/h3-6,8,10,14,17H,7,9H2,1-2H3. The second-order valence-electron chi connectivity index (χ2n) is 4.34. The summed E-state index contributed by atoms with van der Waals surface area (Å²) in [4.78, 5) is 1.31. The Morgan fingerprint density at radius 2 is 2.00 bits per heavy atom. The van der Waals surface area contributed by atoms with Crippen LogP contribution in [0, 0.1) is 0 Å². The lowest BCUT2D eigenvalue weighted by Crippen LogP contribution is -2.16. The molecule has 0 fully saturated rings. The first-order valence-electron chi connectivity index (χ1n) is 6.24. The molecule has 102 valence electrons. The van der Waals surface area contributed by atoms with Crippen LogP contribution in [0.2, 0.25) is 0 Å². The van der Waals surface area contributed by atoms with E-state index in [0.29, 0.717) is 0 Å². The Hall–Kier alpha value is -0.680. The zero-order chi connectivity index (χ0) is 13.7. The van der Waals surface area contributed by atoms with Crippen LogP contribution in [0.4, 0.5) is 0 Å². The Labute approximate surface area is 126 Å². The molecular formula is C15H18BrNOS. The third-order valence-electron chi connectivity index (χ3n) is 3.10. The molecule has 2 rings (SSSR count). The maximum absolute atomic E-state index is 5.10. The van der Waals surface area contributed by atoms with E-state index in [-0.39, 0.29) is 6.04 Å². The van der Waals surface area contributed by atoms with Crippen LogP contribution in [-0.2, 0) is 11.2 Å². The average Bonchev–Trinajstić information content (AvgIpc) is 2.85. The van der Waals surface area contributed by atoms with Gasteiger partial charge in [0.25, 0.3) is 0 Å². The SMILES string of the molecule is CNC(c1ccc(CCOC)cc1)c1sccc1Br. The predicted octanol–water partition coefficient (Wildman–Crippen LogP) is 4.01. The van der Waals surface area contributed by atoms with Crippen LogP contribution < -0.4 is 5.32 Å². The normalized spacial score (nSPS) is 12.6. The van der Waals surface area contributed by atoms with Crippen molar-refractivity contribution in [3.8, 4) is 0 Å². The molecule has 1 aromatic carbocycles. The summed E-state index contributed by atoms with van der Waals surface area (Å²) < 4.78 is 6.27. The number of hydrogen-bond donors (Lipinski definition) is 1. The van der Waals surface area contributed by atoms with Gasteiger partial charge >= 0.3 is 0 Å². The highest BCUT2D eigenvalue weighted by molar-refractivity contribution is 9.10. The number of ether oxygens (including phenoxy) is 1. The summed E-state index contributed by atoms with van der Waals surface area (Å²) in [6.07, 6.45) is 0.962. The zero-order valence-corrected chi connectivity index (χ0v) is 13.6. The van der Waals surface area contributed by atoms with Gasteiger partial charge in [0.15, 0.2) is 0 Å². The van der Waals surface area contributed by atoms with Gasteiger partial charge in [0.2, 0.25) is 0 Å². The van der Waals surface area contributed by atoms with E-state index in [4.69, 9.17) is 4.74 Å². The Bertz CT molecular complexity index is 509. The second kappa shape index (κ2) is 7.20. The van der Waals surface area contributed by atoms with Crippen molar-refractivity contribution in [3.05, 3.63) is 56.2 Å². The minimum atomic E-state index is 0.242. The molecule has 1 heterocycles. The molecule has 0 bridgehead atoms. The topological polar surface area (TPSA) is 21.3 Å². The maximum Gasteiger partial charge on any atom is 0.0680 e. The van der Waals surface area contributed by atoms with Crippen molar-refractivity contribution in [2.24, 2.45) is 0 Å². The van der Waals surface area contributed by atoms with Crippen molar-refractivity contribution in [1.82, 2.24) is 5.32 Å². The number of halogens is 1. The van der Waals surface area contributed by atoms with Crippen molar-refractivity contribution in [2.45, 2.75) is 12.5 Å². The van der Waals surface area contributed by atoms with Gasteiger partial charge in [0, 0.05) is 16.5 Å². The fourth-order valence-corrected chi connectivity index (χ4v) is 3.80.